The first kappa shape index (κ1) is 8.52. The molecule has 2 atom stereocenters. The van der Waals surface area contributed by atoms with Crippen LogP contribution in [0, 0.1) is 0 Å². The second kappa shape index (κ2) is 3.21. The monoisotopic (exact) mass is 351 g/mol. The Kier molecular flexibility index (Phi) is 3.04. The normalized spacial score (nSPS) is 45.0. The van der Waals surface area contributed by atoms with Crippen molar-refractivity contribution >= 4 is 45.2 Å². The molecule has 0 aromatic carbocycles. The first-order chi connectivity index (χ1) is 4.13. The van der Waals surface area contributed by atoms with Crippen molar-refractivity contribution < 1.29 is 0 Å². The van der Waals surface area contributed by atoms with Gasteiger partial charge >= 0.3 is 0 Å². The molecule has 0 saturated carbocycles. The van der Waals surface area contributed by atoms with E-state index in [-0.39, 0.29) is 0 Å². The first-order valence-electron chi connectivity index (χ1n) is 3.16. The quantitative estimate of drug-likeness (QED) is 0.520. The Labute approximate surface area is 83.6 Å². The summed E-state index contributed by atoms with van der Waals surface area (Å²) >= 11 is 5.10. The largest absolute Gasteiger partial charge is 0.316 e. The van der Waals surface area contributed by atoms with Gasteiger partial charge in [0, 0.05) is 13.9 Å². The van der Waals surface area contributed by atoms with Crippen LogP contribution in [-0.4, -0.2) is 20.4 Å². The van der Waals surface area contributed by atoms with Crippen molar-refractivity contribution in [1.29, 1.82) is 0 Å². The van der Waals surface area contributed by atoms with Crippen LogP contribution in [0.2, 0.25) is 0 Å². The van der Waals surface area contributed by atoms with Gasteiger partial charge in [-0.3, -0.25) is 0 Å². The maximum absolute atomic E-state index is 3.38. The third-order valence-corrected chi connectivity index (χ3v) is 6.07. The lowest BCUT2D eigenvalue weighted by molar-refractivity contribution is 0.479. The summed E-state index contributed by atoms with van der Waals surface area (Å²) in [5.41, 5.74) is 0. The molecular formula is C6H11I2N. The van der Waals surface area contributed by atoms with Crippen LogP contribution >= 0.6 is 45.2 Å². The summed E-state index contributed by atoms with van der Waals surface area (Å²) in [7, 11) is 0. The molecule has 0 spiro atoms. The molecule has 1 nitrogen and oxygen atoms in total. The molecule has 1 heterocycles. The number of piperidine rings is 1. The topological polar surface area (TPSA) is 12.0 Å². The SMILES string of the molecule is C[C@@]1(I)CCNC[C@@H]1I. The second-order valence-corrected chi connectivity index (χ2v) is 6.67. The van der Waals surface area contributed by atoms with Gasteiger partial charge in [-0.1, -0.05) is 45.2 Å². The van der Waals surface area contributed by atoms with E-state index in [1.807, 2.05) is 0 Å². The van der Waals surface area contributed by atoms with E-state index in [0.29, 0.717) is 3.42 Å². The van der Waals surface area contributed by atoms with E-state index in [2.05, 4.69) is 57.4 Å². The number of hydrogen-bond acceptors (Lipinski definition) is 1. The zero-order valence-electron chi connectivity index (χ0n) is 5.45. The average molecular weight is 351 g/mol. The van der Waals surface area contributed by atoms with Crippen molar-refractivity contribution in [2.24, 2.45) is 0 Å². The van der Waals surface area contributed by atoms with Crippen molar-refractivity contribution in [3.05, 3.63) is 0 Å². The molecule has 0 aliphatic carbocycles. The van der Waals surface area contributed by atoms with E-state index in [9.17, 15) is 0 Å². The fourth-order valence-electron chi connectivity index (χ4n) is 0.931. The predicted molar refractivity (Wildman–Crippen MR) is 57.7 cm³/mol. The van der Waals surface area contributed by atoms with Gasteiger partial charge in [0.1, 0.15) is 0 Å². The van der Waals surface area contributed by atoms with E-state index in [0.717, 1.165) is 3.92 Å². The number of nitrogens with one attached hydrogen (secondary N) is 1. The second-order valence-electron chi connectivity index (χ2n) is 2.70. The van der Waals surface area contributed by atoms with Crippen LogP contribution in [0.1, 0.15) is 13.3 Å². The van der Waals surface area contributed by atoms with Crippen LogP contribution in [-0.2, 0) is 0 Å². The standard InChI is InChI=1S/C6H11I2N/c1-6(8)2-3-9-4-5(6)7/h5,9H,2-4H2,1H3/t5-,6+/m0/s1. The molecule has 54 valence electrons. The summed E-state index contributed by atoms with van der Waals surface area (Å²) in [6, 6.07) is 0. The number of halogens is 2. The highest BCUT2D eigenvalue weighted by Gasteiger charge is 2.31. The van der Waals surface area contributed by atoms with Gasteiger partial charge in [-0.15, -0.1) is 0 Å². The average Bonchev–Trinajstić information content (AvgIpc) is 1.77. The van der Waals surface area contributed by atoms with Crippen molar-refractivity contribution in [3.8, 4) is 0 Å². The fourth-order valence-corrected chi connectivity index (χ4v) is 2.04. The van der Waals surface area contributed by atoms with Crippen LogP contribution in [0.3, 0.4) is 0 Å². The van der Waals surface area contributed by atoms with Crippen LogP contribution in [0.25, 0.3) is 0 Å². The molecule has 9 heavy (non-hydrogen) atoms. The van der Waals surface area contributed by atoms with E-state index < -0.39 is 0 Å². The molecule has 0 unspecified atom stereocenters. The molecule has 0 amide bonds. The van der Waals surface area contributed by atoms with Gasteiger partial charge in [0.2, 0.25) is 0 Å². The van der Waals surface area contributed by atoms with E-state index in [1.54, 1.807) is 0 Å². The number of rotatable bonds is 0. The van der Waals surface area contributed by atoms with Crippen LogP contribution in [0.5, 0.6) is 0 Å². The van der Waals surface area contributed by atoms with E-state index in [4.69, 9.17) is 0 Å². The molecule has 1 aliphatic heterocycles. The summed E-state index contributed by atoms with van der Waals surface area (Å²) in [6.45, 7) is 4.71. The van der Waals surface area contributed by atoms with Crippen LogP contribution in [0.4, 0.5) is 0 Å². The minimum atomic E-state index is 0.531. The van der Waals surface area contributed by atoms with Crippen LogP contribution < -0.4 is 5.32 Å². The van der Waals surface area contributed by atoms with E-state index in [1.165, 1.54) is 19.5 Å². The molecule has 3 heteroatoms. The maximum Gasteiger partial charge on any atom is 0.0378 e. The van der Waals surface area contributed by atoms with Crippen molar-refractivity contribution in [2.75, 3.05) is 13.1 Å². The summed E-state index contributed by atoms with van der Waals surface area (Å²) in [5.74, 6) is 0. The summed E-state index contributed by atoms with van der Waals surface area (Å²) in [5, 5.41) is 3.38. The third-order valence-electron chi connectivity index (χ3n) is 1.77. The van der Waals surface area contributed by atoms with E-state index >= 15 is 0 Å². The molecule has 0 aromatic rings. The predicted octanol–water partition coefficient (Wildman–Crippen LogP) is 1.98. The molecule has 0 aromatic heterocycles. The number of hydrogen-bond donors (Lipinski definition) is 1. The highest BCUT2D eigenvalue weighted by atomic mass is 127. The van der Waals surface area contributed by atoms with Gasteiger partial charge in [0.15, 0.2) is 0 Å². The zero-order valence-corrected chi connectivity index (χ0v) is 9.77. The maximum atomic E-state index is 3.38. The molecule has 1 aliphatic rings. The van der Waals surface area contributed by atoms with Gasteiger partial charge in [-0.25, -0.2) is 0 Å². The van der Waals surface area contributed by atoms with Crippen molar-refractivity contribution in [3.63, 3.8) is 0 Å². The Balaban J connectivity index is 2.49. The molecular weight excluding hydrogens is 340 g/mol. The molecule has 1 N–H and O–H groups in total. The zero-order chi connectivity index (χ0) is 6.91. The van der Waals surface area contributed by atoms with Gasteiger partial charge in [-0.2, -0.15) is 0 Å². The lowest BCUT2D eigenvalue weighted by atomic mass is 10.0. The van der Waals surface area contributed by atoms with Crippen molar-refractivity contribution in [2.45, 2.75) is 20.7 Å². The molecule has 1 fully saturated rings. The summed E-state index contributed by atoms with van der Waals surface area (Å²) < 4.78 is 1.33. The van der Waals surface area contributed by atoms with Crippen molar-refractivity contribution in [1.82, 2.24) is 5.32 Å². The Morgan fingerprint density at radius 3 is 2.67 bits per heavy atom. The lowest BCUT2D eigenvalue weighted by Gasteiger charge is -2.33. The Bertz CT molecular complexity index is 103. The minimum Gasteiger partial charge on any atom is -0.316 e. The highest BCUT2D eigenvalue weighted by molar-refractivity contribution is 14.1. The van der Waals surface area contributed by atoms with Gasteiger partial charge in [0.25, 0.3) is 0 Å². The lowest BCUT2D eigenvalue weighted by Crippen LogP contribution is -2.44. The Morgan fingerprint density at radius 2 is 2.33 bits per heavy atom. The first-order valence-corrected chi connectivity index (χ1v) is 5.49. The fraction of sp³-hybridized carbons (Fsp3) is 1.00. The number of alkyl halides is 2. The summed E-state index contributed by atoms with van der Waals surface area (Å²) in [6.07, 6.45) is 1.31. The van der Waals surface area contributed by atoms with Gasteiger partial charge in [-0.05, 0) is 19.9 Å². The smallest absolute Gasteiger partial charge is 0.0378 e. The Morgan fingerprint density at radius 1 is 1.67 bits per heavy atom. The minimum absolute atomic E-state index is 0.531. The molecule has 0 radical (unpaired) electrons. The summed E-state index contributed by atoms with van der Waals surface area (Å²) in [4.78, 5) is 0. The van der Waals surface area contributed by atoms with Crippen LogP contribution in [0.15, 0.2) is 0 Å². The Hall–Kier alpha value is 1.42. The molecule has 1 rings (SSSR count). The highest BCUT2D eigenvalue weighted by Crippen LogP contribution is 2.33. The van der Waals surface area contributed by atoms with Gasteiger partial charge < -0.3 is 5.32 Å². The third kappa shape index (κ3) is 2.18. The van der Waals surface area contributed by atoms with Gasteiger partial charge in [0.05, 0.1) is 0 Å². The molecule has 1 saturated heterocycles. The molecule has 0 bridgehead atoms.